The van der Waals surface area contributed by atoms with Crippen LogP contribution in [0.25, 0.3) is 0 Å². The Morgan fingerprint density at radius 2 is 2.40 bits per heavy atom. The van der Waals surface area contributed by atoms with E-state index < -0.39 is 0 Å². The van der Waals surface area contributed by atoms with Gasteiger partial charge in [0.05, 0.1) is 0 Å². The topological polar surface area (TPSA) is 0 Å². The lowest BCUT2D eigenvalue weighted by Crippen LogP contribution is -2.04. The van der Waals surface area contributed by atoms with Crippen LogP contribution in [0, 0.1) is 11.8 Å². The predicted molar refractivity (Wildman–Crippen MR) is 45.9 cm³/mol. The monoisotopic (exact) mass is 138 g/mol. The van der Waals surface area contributed by atoms with Crippen LogP contribution >= 0.6 is 0 Å². The Balaban J connectivity index is 2.44. The van der Waals surface area contributed by atoms with E-state index in [0.717, 1.165) is 11.8 Å². The first kappa shape index (κ1) is 7.84. The van der Waals surface area contributed by atoms with E-state index in [1.165, 1.54) is 19.3 Å². The second-order valence-electron chi connectivity index (χ2n) is 3.60. The van der Waals surface area contributed by atoms with Crippen molar-refractivity contribution in [1.82, 2.24) is 0 Å². The van der Waals surface area contributed by atoms with Crippen molar-refractivity contribution in [2.24, 2.45) is 11.8 Å². The lowest BCUT2D eigenvalue weighted by molar-refractivity contribution is 0.411. The minimum absolute atomic E-state index is 0.894. The largest absolute Gasteiger partial charge is 0.0822 e. The quantitative estimate of drug-likeness (QED) is 0.513. The summed E-state index contributed by atoms with van der Waals surface area (Å²) >= 11 is 0. The van der Waals surface area contributed by atoms with Gasteiger partial charge in [0.15, 0.2) is 0 Å². The van der Waals surface area contributed by atoms with Gasteiger partial charge in [0.1, 0.15) is 0 Å². The van der Waals surface area contributed by atoms with Crippen LogP contribution in [0.4, 0.5) is 0 Å². The van der Waals surface area contributed by atoms with Crippen LogP contribution in [0.2, 0.25) is 0 Å². The molecule has 2 unspecified atom stereocenters. The molecule has 0 nitrogen and oxygen atoms in total. The molecule has 58 valence electrons. The Kier molecular flexibility index (Phi) is 2.53. The van der Waals surface area contributed by atoms with E-state index in [1.807, 2.05) is 0 Å². The van der Waals surface area contributed by atoms with Crippen LogP contribution in [0.3, 0.4) is 0 Å². The average molecular weight is 138 g/mol. The minimum atomic E-state index is 0.894. The summed E-state index contributed by atoms with van der Waals surface area (Å²) < 4.78 is 0. The fourth-order valence-corrected chi connectivity index (χ4v) is 1.68. The number of hydrogen-bond acceptors (Lipinski definition) is 0. The summed E-state index contributed by atoms with van der Waals surface area (Å²) in [6.07, 6.45) is 6.54. The van der Waals surface area contributed by atoms with Crippen molar-refractivity contribution < 1.29 is 0 Å². The molecule has 1 rings (SSSR count). The highest BCUT2D eigenvalue weighted by Crippen LogP contribution is 2.30. The first-order chi connectivity index (χ1) is 4.74. The van der Waals surface area contributed by atoms with Gasteiger partial charge in [0.25, 0.3) is 0 Å². The molecule has 1 aliphatic carbocycles. The molecule has 0 aliphatic heterocycles. The molecule has 1 aliphatic rings. The second kappa shape index (κ2) is 3.23. The SMILES string of the molecule is CCC(C)C1C=C(C)CC1. The summed E-state index contributed by atoms with van der Waals surface area (Å²) in [5.74, 6) is 1.79. The van der Waals surface area contributed by atoms with E-state index in [9.17, 15) is 0 Å². The Bertz CT molecular complexity index is 133. The molecular weight excluding hydrogens is 120 g/mol. The van der Waals surface area contributed by atoms with Crippen molar-refractivity contribution in [2.75, 3.05) is 0 Å². The third-order valence-corrected chi connectivity index (χ3v) is 2.75. The molecule has 0 saturated carbocycles. The summed E-state index contributed by atoms with van der Waals surface area (Å²) in [5.41, 5.74) is 1.60. The van der Waals surface area contributed by atoms with E-state index >= 15 is 0 Å². The predicted octanol–water partition coefficient (Wildman–Crippen LogP) is 3.39. The second-order valence-corrected chi connectivity index (χ2v) is 3.60. The Morgan fingerprint density at radius 1 is 1.70 bits per heavy atom. The van der Waals surface area contributed by atoms with E-state index in [0.29, 0.717) is 0 Å². The summed E-state index contributed by atoms with van der Waals surface area (Å²) in [6, 6.07) is 0. The lowest BCUT2D eigenvalue weighted by atomic mass is 9.92. The number of rotatable bonds is 2. The lowest BCUT2D eigenvalue weighted by Gasteiger charge is -2.14. The Morgan fingerprint density at radius 3 is 2.80 bits per heavy atom. The molecule has 0 heterocycles. The van der Waals surface area contributed by atoms with Crippen molar-refractivity contribution in [3.8, 4) is 0 Å². The molecular formula is C10H18. The van der Waals surface area contributed by atoms with Gasteiger partial charge in [0, 0.05) is 0 Å². The van der Waals surface area contributed by atoms with Gasteiger partial charge in [-0.05, 0) is 31.6 Å². The van der Waals surface area contributed by atoms with Gasteiger partial charge in [-0.2, -0.15) is 0 Å². The van der Waals surface area contributed by atoms with Gasteiger partial charge >= 0.3 is 0 Å². The number of hydrogen-bond donors (Lipinski definition) is 0. The van der Waals surface area contributed by atoms with E-state index in [2.05, 4.69) is 26.8 Å². The molecule has 10 heavy (non-hydrogen) atoms. The summed E-state index contributed by atoms with van der Waals surface area (Å²) in [6.45, 7) is 6.90. The zero-order valence-corrected chi connectivity index (χ0v) is 7.35. The molecule has 0 amide bonds. The molecule has 0 N–H and O–H groups in total. The fourth-order valence-electron chi connectivity index (χ4n) is 1.68. The van der Waals surface area contributed by atoms with E-state index in [4.69, 9.17) is 0 Å². The molecule has 0 bridgehead atoms. The maximum absolute atomic E-state index is 2.47. The highest BCUT2D eigenvalue weighted by Gasteiger charge is 2.17. The normalized spacial score (nSPS) is 28.3. The summed E-state index contributed by atoms with van der Waals surface area (Å²) in [7, 11) is 0. The molecule has 0 heteroatoms. The molecule has 0 aromatic rings. The Labute approximate surface area is 64.3 Å². The van der Waals surface area contributed by atoms with Crippen LogP contribution in [-0.2, 0) is 0 Å². The van der Waals surface area contributed by atoms with Crippen LogP contribution in [0.1, 0.15) is 40.0 Å². The minimum Gasteiger partial charge on any atom is -0.0822 e. The highest BCUT2D eigenvalue weighted by atomic mass is 14.2. The molecule has 0 aromatic heterocycles. The maximum atomic E-state index is 2.47. The van der Waals surface area contributed by atoms with Gasteiger partial charge in [-0.3, -0.25) is 0 Å². The first-order valence-electron chi connectivity index (χ1n) is 4.41. The van der Waals surface area contributed by atoms with Gasteiger partial charge in [-0.1, -0.05) is 31.9 Å². The van der Waals surface area contributed by atoms with Crippen LogP contribution in [-0.4, -0.2) is 0 Å². The third-order valence-electron chi connectivity index (χ3n) is 2.75. The summed E-state index contributed by atoms with van der Waals surface area (Å²) in [5, 5.41) is 0. The fraction of sp³-hybridized carbons (Fsp3) is 0.800. The van der Waals surface area contributed by atoms with Crippen LogP contribution < -0.4 is 0 Å². The van der Waals surface area contributed by atoms with Gasteiger partial charge in [-0.25, -0.2) is 0 Å². The van der Waals surface area contributed by atoms with Crippen LogP contribution in [0.5, 0.6) is 0 Å². The molecule has 0 aromatic carbocycles. The molecule has 2 atom stereocenters. The van der Waals surface area contributed by atoms with Gasteiger partial charge in [-0.15, -0.1) is 0 Å². The van der Waals surface area contributed by atoms with Gasteiger partial charge < -0.3 is 0 Å². The zero-order chi connectivity index (χ0) is 7.56. The van der Waals surface area contributed by atoms with Crippen LogP contribution in [0.15, 0.2) is 11.6 Å². The Hall–Kier alpha value is -0.260. The molecule has 0 saturated heterocycles. The van der Waals surface area contributed by atoms with Crippen molar-refractivity contribution in [3.05, 3.63) is 11.6 Å². The molecule has 0 fully saturated rings. The van der Waals surface area contributed by atoms with Crippen molar-refractivity contribution in [3.63, 3.8) is 0 Å². The van der Waals surface area contributed by atoms with E-state index in [1.54, 1.807) is 5.57 Å². The van der Waals surface area contributed by atoms with Crippen molar-refractivity contribution in [2.45, 2.75) is 40.0 Å². The smallest absolute Gasteiger partial charge is 0.0202 e. The first-order valence-corrected chi connectivity index (χ1v) is 4.41. The molecule has 0 radical (unpaired) electrons. The van der Waals surface area contributed by atoms with Gasteiger partial charge in [0.2, 0.25) is 0 Å². The zero-order valence-electron chi connectivity index (χ0n) is 7.35. The van der Waals surface area contributed by atoms with Crippen molar-refractivity contribution >= 4 is 0 Å². The third kappa shape index (κ3) is 1.62. The molecule has 0 spiro atoms. The average Bonchev–Trinajstić information content (AvgIpc) is 2.34. The van der Waals surface area contributed by atoms with Crippen molar-refractivity contribution in [1.29, 1.82) is 0 Å². The van der Waals surface area contributed by atoms with E-state index in [-0.39, 0.29) is 0 Å². The summed E-state index contributed by atoms with van der Waals surface area (Å²) in [4.78, 5) is 0. The maximum Gasteiger partial charge on any atom is -0.0202 e. The standard InChI is InChI=1S/C10H18/c1-4-9(3)10-6-5-8(2)7-10/h7,9-10H,4-6H2,1-3H3. The highest BCUT2D eigenvalue weighted by molar-refractivity contribution is 5.08. The number of allylic oxidation sites excluding steroid dienone is 2.